The van der Waals surface area contributed by atoms with E-state index in [0.717, 1.165) is 11.3 Å². The molecule has 7 heteroatoms. The average molecular weight is 407 g/mol. The van der Waals surface area contributed by atoms with Crippen molar-refractivity contribution >= 4 is 17.8 Å². The molecular weight excluding hydrogens is 372 g/mol. The smallest absolute Gasteiger partial charge is 0.304 e. The van der Waals surface area contributed by atoms with Gasteiger partial charge in [0, 0.05) is 13.0 Å². The first-order chi connectivity index (χ1) is 13.5. The molecule has 2 amide bonds. The molecule has 0 saturated heterocycles. The van der Waals surface area contributed by atoms with Gasteiger partial charge in [0.2, 0.25) is 11.8 Å². The summed E-state index contributed by atoms with van der Waals surface area (Å²) in [5, 5.41) is 14.5. The Labute approximate surface area is 173 Å². The second kappa shape index (κ2) is 11.4. The lowest BCUT2D eigenvalue weighted by atomic mass is 9.85. The Morgan fingerprint density at radius 2 is 1.83 bits per heavy atom. The van der Waals surface area contributed by atoms with Crippen LogP contribution in [0.15, 0.2) is 24.3 Å². The van der Waals surface area contributed by atoms with E-state index in [2.05, 4.69) is 10.6 Å². The van der Waals surface area contributed by atoms with Gasteiger partial charge in [-0.15, -0.1) is 0 Å². The molecule has 2 atom stereocenters. The van der Waals surface area contributed by atoms with Crippen LogP contribution in [-0.2, 0) is 14.4 Å². The molecule has 0 fully saturated rings. The van der Waals surface area contributed by atoms with Gasteiger partial charge in [0.25, 0.3) is 0 Å². The van der Waals surface area contributed by atoms with E-state index >= 15 is 0 Å². The van der Waals surface area contributed by atoms with Gasteiger partial charge in [-0.05, 0) is 49.3 Å². The van der Waals surface area contributed by atoms with Crippen molar-refractivity contribution in [2.75, 3.05) is 13.7 Å². The van der Waals surface area contributed by atoms with Crippen LogP contribution >= 0.6 is 0 Å². The number of unbranched alkanes of at least 4 members (excludes halogenated alkanes) is 1. The molecule has 0 aliphatic rings. The Kier molecular flexibility index (Phi) is 9.65. The van der Waals surface area contributed by atoms with Gasteiger partial charge in [-0.1, -0.05) is 32.9 Å². The van der Waals surface area contributed by atoms with Crippen LogP contribution in [0.1, 0.15) is 52.0 Å². The SMILES string of the molecule is CNC(=O)[C@@H](NC(=O)[C@H](CCCCOc1cccc(C)c1)CC(=O)O)C(C)(C)C. The molecule has 0 saturated carbocycles. The van der Waals surface area contributed by atoms with Crippen LogP contribution in [0.3, 0.4) is 0 Å². The maximum Gasteiger partial charge on any atom is 0.304 e. The van der Waals surface area contributed by atoms with Crippen molar-refractivity contribution in [2.24, 2.45) is 11.3 Å². The quantitative estimate of drug-likeness (QED) is 0.490. The minimum Gasteiger partial charge on any atom is -0.494 e. The monoisotopic (exact) mass is 406 g/mol. The highest BCUT2D eigenvalue weighted by molar-refractivity contribution is 5.90. The summed E-state index contributed by atoms with van der Waals surface area (Å²) in [6.07, 6.45) is 1.50. The molecule has 1 rings (SSSR count). The molecule has 0 aliphatic heterocycles. The summed E-state index contributed by atoms with van der Waals surface area (Å²) in [6.45, 7) is 8.03. The number of rotatable bonds is 11. The van der Waals surface area contributed by atoms with Crippen LogP contribution < -0.4 is 15.4 Å². The van der Waals surface area contributed by atoms with E-state index in [9.17, 15) is 19.5 Å². The van der Waals surface area contributed by atoms with E-state index in [0.29, 0.717) is 25.9 Å². The van der Waals surface area contributed by atoms with E-state index in [1.165, 1.54) is 7.05 Å². The number of likely N-dealkylation sites (N-methyl/N-ethyl adjacent to an activating group) is 1. The van der Waals surface area contributed by atoms with E-state index in [-0.39, 0.29) is 12.3 Å². The predicted molar refractivity (Wildman–Crippen MR) is 112 cm³/mol. The zero-order chi connectivity index (χ0) is 22.0. The van der Waals surface area contributed by atoms with Crippen LogP contribution in [0.25, 0.3) is 0 Å². The van der Waals surface area contributed by atoms with Gasteiger partial charge in [-0.25, -0.2) is 0 Å². The topological polar surface area (TPSA) is 105 Å². The van der Waals surface area contributed by atoms with Crippen molar-refractivity contribution in [3.8, 4) is 5.75 Å². The summed E-state index contributed by atoms with van der Waals surface area (Å²) in [4.78, 5) is 36.0. The fraction of sp³-hybridized carbons (Fsp3) is 0.591. The molecular formula is C22H34N2O5. The number of amides is 2. The number of nitrogens with one attached hydrogen (secondary N) is 2. The minimum absolute atomic E-state index is 0.269. The summed E-state index contributed by atoms with van der Waals surface area (Å²) in [5.41, 5.74) is 0.621. The predicted octanol–water partition coefficient (Wildman–Crippen LogP) is 2.91. The number of carbonyl (C=O) groups excluding carboxylic acids is 2. The highest BCUT2D eigenvalue weighted by Crippen LogP contribution is 2.22. The molecule has 0 radical (unpaired) electrons. The largest absolute Gasteiger partial charge is 0.494 e. The van der Waals surface area contributed by atoms with Gasteiger partial charge in [-0.3, -0.25) is 14.4 Å². The summed E-state index contributed by atoms with van der Waals surface area (Å²) < 4.78 is 5.70. The van der Waals surface area contributed by atoms with E-state index in [1.54, 1.807) is 0 Å². The Hall–Kier alpha value is -2.57. The summed E-state index contributed by atoms with van der Waals surface area (Å²) in [5.74, 6) is -1.64. The standard InChI is InChI=1S/C22H34N2O5/c1-15-9-8-11-17(13-15)29-12-7-6-10-16(14-18(25)26)20(27)24-19(21(28)23-5)22(2,3)4/h8-9,11,13,16,19H,6-7,10,12,14H2,1-5H3,(H,23,28)(H,24,27)(H,25,26)/t16-,19-/m1/s1. The fourth-order valence-electron chi connectivity index (χ4n) is 3.00. The Bertz CT molecular complexity index is 697. The number of ether oxygens (including phenoxy) is 1. The number of carboxylic acid groups (broad SMARTS) is 1. The normalized spacial score (nSPS) is 13.3. The maximum atomic E-state index is 12.7. The number of carboxylic acids is 1. The molecule has 0 heterocycles. The second-order valence-corrected chi connectivity index (χ2v) is 8.38. The molecule has 0 aliphatic carbocycles. The molecule has 0 bridgehead atoms. The molecule has 1 aromatic rings. The molecule has 0 unspecified atom stereocenters. The van der Waals surface area contributed by atoms with Crippen LogP contribution in [0.2, 0.25) is 0 Å². The van der Waals surface area contributed by atoms with Crippen molar-refractivity contribution in [2.45, 2.75) is 59.4 Å². The molecule has 3 N–H and O–H groups in total. The third kappa shape index (κ3) is 8.98. The van der Waals surface area contributed by atoms with Gasteiger partial charge in [0.1, 0.15) is 11.8 Å². The van der Waals surface area contributed by atoms with Crippen molar-refractivity contribution in [1.82, 2.24) is 10.6 Å². The second-order valence-electron chi connectivity index (χ2n) is 8.38. The Morgan fingerprint density at radius 1 is 1.14 bits per heavy atom. The van der Waals surface area contributed by atoms with Crippen LogP contribution in [0.5, 0.6) is 5.75 Å². The summed E-state index contributed by atoms with van der Waals surface area (Å²) in [6, 6.07) is 7.02. The number of benzene rings is 1. The van der Waals surface area contributed by atoms with Gasteiger partial charge in [0.15, 0.2) is 0 Å². The van der Waals surface area contributed by atoms with E-state index in [4.69, 9.17) is 4.74 Å². The highest BCUT2D eigenvalue weighted by atomic mass is 16.5. The lowest BCUT2D eigenvalue weighted by Gasteiger charge is -2.31. The molecule has 0 spiro atoms. The van der Waals surface area contributed by atoms with Gasteiger partial charge in [-0.2, -0.15) is 0 Å². The third-order valence-electron chi connectivity index (χ3n) is 4.66. The highest BCUT2D eigenvalue weighted by Gasteiger charge is 2.34. The zero-order valence-electron chi connectivity index (χ0n) is 18.1. The third-order valence-corrected chi connectivity index (χ3v) is 4.66. The average Bonchev–Trinajstić information content (AvgIpc) is 2.63. The number of hydrogen-bond donors (Lipinski definition) is 3. The van der Waals surface area contributed by atoms with E-state index in [1.807, 2.05) is 52.0 Å². The van der Waals surface area contributed by atoms with Crippen molar-refractivity contribution in [1.29, 1.82) is 0 Å². The number of aliphatic carboxylic acids is 1. The number of carbonyl (C=O) groups is 3. The van der Waals surface area contributed by atoms with Crippen LogP contribution in [-0.4, -0.2) is 42.6 Å². The fourth-order valence-corrected chi connectivity index (χ4v) is 3.00. The summed E-state index contributed by atoms with van der Waals surface area (Å²) in [7, 11) is 1.51. The molecule has 162 valence electrons. The number of hydrogen-bond acceptors (Lipinski definition) is 4. The Balaban J connectivity index is 2.60. The number of aryl methyl sites for hydroxylation is 1. The lowest BCUT2D eigenvalue weighted by Crippen LogP contribution is -2.54. The minimum atomic E-state index is -1.03. The molecule has 1 aromatic carbocycles. The van der Waals surface area contributed by atoms with Crippen molar-refractivity contribution in [3.05, 3.63) is 29.8 Å². The molecule has 7 nitrogen and oxygen atoms in total. The maximum absolute atomic E-state index is 12.7. The zero-order valence-corrected chi connectivity index (χ0v) is 18.1. The van der Waals surface area contributed by atoms with Crippen LogP contribution in [0.4, 0.5) is 0 Å². The first-order valence-corrected chi connectivity index (χ1v) is 9.97. The first-order valence-electron chi connectivity index (χ1n) is 9.97. The first kappa shape index (κ1) is 24.5. The molecule has 29 heavy (non-hydrogen) atoms. The van der Waals surface area contributed by atoms with Crippen LogP contribution in [0, 0.1) is 18.3 Å². The van der Waals surface area contributed by atoms with Gasteiger partial charge in [0.05, 0.1) is 13.0 Å². The molecule has 0 aromatic heterocycles. The van der Waals surface area contributed by atoms with Gasteiger partial charge < -0.3 is 20.5 Å². The van der Waals surface area contributed by atoms with Crippen molar-refractivity contribution < 1.29 is 24.2 Å². The van der Waals surface area contributed by atoms with Crippen molar-refractivity contribution in [3.63, 3.8) is 0 Å². The van der Waals surface area contributed by atoms with E-state index < -0.39 is 29.3 Å². The van der Waals surface area contributed by atoms with Gasteiger partial charge >= 0.3 is 5.97 Å². The lowest BCUT2D eigenvalue weighted by molar-refractivity contribution is -0.142. The summed E-state index contributed by atoms with van der Waals surface area (Å²) >= 11 is 0. The Morgan fingerprint density at radius 3 is 2.38 bits per heavy atom.